The van der Waals surface area contributed by atoms with Crippen molar-refractivity contribution in [1.29, 1.82) is 0 Å². The summed E-state index contributed by atoms with van der Waals surface area (Å²) in [5, 5.41) is 0. The van der Waals surface area contributed by atoms with Crippen molar-refractivity contribution in [2.24, 2.45) is 0 Å². The van der Waals surface area contributed by atoms with E-state index in [1.807, 2.05) is 0 Å². The van der Waals surface area contributed by atoms with Crippen molar-refractivity contribution in [3.05, 3.63) is 0 Å². The molecule has 0 aliphatic carbocycles. The molecule has 2 nitrogen and oxygen atoms in total. The Kier molecular flexibility index (Phi) is 1.76. The van der Waals surface area contributed by atoms with Gasteiger partial charge in [-0.2, -0.15) is 3.11 Å². The summed E-state index contributed by atoms with van der Waals surface area (Å²) >= 11 is 2.51. The maximum Gasteiger partial charge on any atom is 0.208 e. The van der Waals surface area contributed by atoms with Crippen LogP contribution in [0.25, 0.3) is 0 Å². The van der Waals surface area contributed by atoms with Crippen LogP contribution in [0.1, 0.15) is 34.6 Å². The minimum Gasteiger partial charge on any atom is -0.291 e. The fourth-order valence-electron chi connectivity index (χ4n) is 3.04. The molecule has 0 amide bonds. The van der Waals surface area contributed by atoms with Gasteiger partial charge in [-0.05, 0) is 34.6 Å². The molecule has 0 bridgehead atoms. The fourth-order valence-corrected chi connectivity index (χ4v) is 4.61. The number of quaternary nitrogens is 1. The van der Waals surface area contributed by atoms with Crippen molar-refractivity contribution in [2.45, 2.75) is 57.9 Å². The van der Waals surface area contributed by atoms with Crippen LogP contribution >= 0.6 is 22.9 Å². The molecule has 2 unspecified atom stereocenters. The van der Waals surface area contributed by atoms with Gasteiger partial charge < -0.3 is 0 Å². The van der Waals surface area contributed by atoms with Gasteiger partial charge in [0, 0.05) is 22.9 Å². The zero-order valence-electron chi connectivity index (χ0n) is 9.43. The van der Waals surface area contributed by atoms with E-state index in [2.05, 4.69) is 67.6 Å². The van der Waals surface area contributed by atoms with Gasteiger partial charge in [0.15, 0.2) is 6.04 Å². The van der Waals surface area contributed by atoms with E-state index in [1.54, 1.807) is 0 Å². The molecule has 2 rings (SSSR count). The number of likely N-dealkylation sites (N-methyl/N-ethyl adjacent to an activating group) is 1. The SMILES string of the molecule is CC1C2N(I)C(C)(C)C(C)(C)[N@+]12C. The van der Waals surface area contributed by atoms with Gasteiger partial charge in [0.1, 0.15) is 5.54 Å². The number of fused-ring (bicyclic) bond motifs is 1. The van der Waals surface area contributed by atoms with Gasteiger partial charge in [-0.15, -0.1) is 0 Å². The van der Waals surface area contributed by atoms with Crippen LogP contribution in [0.15, 0.2) is 0 Å². The smallest absolute Gasteiger partial charge is 0.208 e. The van der Waals surface area contributed by atoms with Gasteiger partial charge in [0.25, 0.3) is 0 Å². The Labute approximate surface area is 95.4 Å². The largest absolute Gasteiger partial charge is 0.291 e. The van der Waals surface area contributed by atoms with Crippen molar-refractivity contribution in [3.8, 4) is 0 Å². The second kappa shape index (κ2) is 2.25. The third-order valence-electron chi connectivity index (χ3n) is 5.21. The molecule has 76 valence electrons. The lowest BCUT2D eigenvalue weighted by Gasteiger charge is -2.41. The Morgan fingerprint density at radius 3 is 1.92 bits per heavy atom. The summed E-state index contributed by atoms with van der Waals surface area (Å²) in [4.78, 5) is 0. The van der Waals surface area contributed by atoms with Crippen molar-refractivity contribution in [2.75, 3.05) is 7.05 Å². The van der Waals surface area contributed by atoms with Crippen molar-refractivity contribution < 1.29 is 4.48 Å². The van der Waals surface area contributed by atoms with Gasteiger partial charge in [-0.3, -0.25) is 4.48 Å². The van der Waals surface area contributed by atoms with Crippen LogP contribution < -0.4 is 0 Å². The van der Waals surface area contributed by atoms with E-state index in [0.29, 0.717) is 11.1 Å². The quantitative estimate of drug-likeness (QED) is 0.287. The summed E-state index contributed by atoms with van der Waals surface area (Å²) in [5.74, 6) is 0. The molecule has 2 aliphatic heterocycles. The van der Waals surface area contributed by atoms with E-state index in [-0.39, 0.29) is 0 Å². The predicted molar refractivity (Wildman–Crippen MR) is 63.5 cm³/mol. The molecule has 0 N–H and O–H groups in total. The molecule has 0 spiro atoms. The topological polar surface area (TPSA) is 3.24 Å². The number of piperazine rings is 1. The number of halogens is 1. The Balaban J connectivity index is 2.46. The summed E-state index contributed by atoms with van der Waals surface area (Å²) in [6.07, 6.45) is 0.741. The lowest BCUT2D eigenvalue weighted by molar-refractivity contribution is -0.850. The van der Waals surface area contributed by atoms with Crippen LogP contribution in [-0.4, -0.2) is 37.9 Å². The molecule has 2 heterocycles. The lowest BCUT2D eigenvalue weighted by atomic mass is 9.82. The first kappa shape index (κ1) is 10.2. The molecule has 2 fully saturated rings. The predicted octanol–water partition coefficient (Wildman–Crippen LogP) is 2.38. The van der Waals surface area contributed by atoms with Crippen LogP contribution in [0.2, 0.25) is 0 Å². The zero-order valence-corrected chi connectivity index (χ0v) is 11.6. The van der Waals surface area contributed by atoms with E-state index >= 15 is 0 Å². The summed E-state index contributed by atoms with van der Waals surface area (Å²) in [6, 6.07) is 0.805. The van der Waals surface area contributed by atoms with E-state index < -0.39 is 0 Å². The highest BCUT2D eigenvalue weighted by atomic mass is 127. The fraction of sp³-hybridized carbons (Fsp3) is 1.00. The molecule has 0 aromatic carbocycles. The molecule has 0 aromatic rings. The number of hydrogen-bond donors (Lipinski definition) is 0. The molecule has 0 saturated carbocycles. The first-order chi connectivity index (χ1) is 5.69. The zero-order chi connectivity index (χ0) is 10.2. The molecule has 0 aromatic heterocycles. The maximum absolute atomic E-state index is 2.54. The monoisotopic (exact) mass is 295 g/mol. The number of nitrogens with zero attached hydrogens (tertiary/aromatic N) is 2. The van der Waals surface area contributed by atoms with E-state index in [1.165, 1.54) is 4.48 Å². The van der Waals surface area contributed by atoms with Crippen LogP contribution in [0.4, 0.5) is 0 Å². The average molecular weight is 295 g/mol. The molecule has 0 radical (unpaired) electrons. The number of rotatable bonds is 0. The van der Waals surface area contributed by atoms with Gasteiger partial charge in [-0.25, -0.2) is 0 Å². The van der Waals surface area contributed by atoms with Gasteiger partial charge in [0.05, 0.1) is 12.6 Å². The molecule has 3 atom stereocenters. The highest BCUT2D eigenvalue weighted by molar-refractivity contribution is 14.1. The summed E-state index contributed by atoms with van der Waals surface area (Å²) in [7, 11) is 2.40. The minimum absolute atomic E-state index is 0.305. The third-order valence-corrected chi connectivity index (χ3v) is 6.98. The third kappa shape index (κ3) is 0.789. The van der Waals surface area contributed by atoms with Crippen molar-refractivity contribution in [1.82, 2.24) is 3.11 Å². The van der Waals surface area contributed by atoms with Crippen LogP contribution in [0, 0.1) is 0 Å². The number of hydrogen-bond acceptors (Lipinski definition) is 1. The standard InChI is InChI=1S/C10H20IN2/c1-7-8-12(11)9(2,3)10(4,5)13(7,8)6/h7-8H,1-6H3/q+1/t7?,8?,13-/m1/s1. The highest BCUT2D eigenvalue weighted by Gasteiger charge is 2.81. The van der Waals surface area contributed by atoms with E-state index in [4.69, 9.17) is 0 Å². The first-order valence-corrected chi connectivity index (χ1v) is 5.96. The van der Waals surface area contributed by atoms with Crippen molar-refractivity contribution >= 4 is 22.9 Å². The minimum atomic E-state index is 0.305. The summed E-state index contributed by atoms with van der Waals surface area (Å²) < 4.78 is 3.76. The maximum atomic E-state index is 2.54. The normalized spacial score (nSPS) is 51.9. The van der Waals surface area contributed by atoms with Crippen molar-refractivity contribution in [3.63, 3.8) is 0 Å². The summed E-state index contributed by atoms with van der Waals surface area (Å²) in [6.45, 7) is 11.9. The van der Waals surface area contributed by atoms with Gasteiger partial charge >= 0.3 is 0 Å². The lowest BCUT2D eigenvalue weighted by Crippen LogP contribution is -2.58. The second-order valence-electron chi connectivity index (χ2n) is 5.73. The molecule has 13 heavy (non-hydrogen) atoms. The molecular formula is C10H20IN2+. The Bertz CT molecular complexity index is 262. The molecule has 3 heteroatoms. The van der Waals surface area contributed by atoms with E-state index in [0.717, 1.165) is 12.2 Å². The average Bonchev–Trinajstić information content (AvgIpc) is 2.51. The molecule has 2 aliphatic rings. The Morgan fingerprint density at radius 1 is 1.23 bits per heavy atom. The Hall–Kier alpha value is 0.650. The van der Waals surface area contributed by atoms with Gasteiger partial charge in [-0.1, -0.05) is 0 Å². The second-order valence-corrected chi connectivity index (χ2v) is 6.77. The molecular weight excluding hydrogens is 275 g/mol. The van der Waals surface area contributed by atoms with Crippen LogP contribution in [-0.2, 0) is 0 Å². The Morgan fingerprint density at radius 2 is 1.69 bits per heavy atom. The summed E-state index contributed by atoms with van der Waals surface area (Å²) in [5.41, 5.74) is 0.664. The van der Waals surface area contributed by atoms with Gasteiger partial charge in [0.2, 0.25) is 6.17 Å². The molecule has 2 saturated heterocycles. The van der Waals surface area contributed by atoms with Crippen LogP contribution in [0.5, 0.6) is 0 Å². The van der Waals surface area contributed by atoms with E-state index in [9.17, 15) is 0 Å². The first-order valence-electron chi connectivity index (χ1n) is 5.00. The highest BCUT2D eigenvalue weighted by Crippen LogP contribution is 2.62. The van der Waals surface area contributed by atoms with Crippen LogP contribution in [0.3, 0.4) is 0 Å².